The molecule has 1 saturated heterocycles. The van der Waals surface area contributed by atoms with E-state index in [0.29, 0.717) is 19.5 Å². The van der Waals surface area contributed by atoms with Crippen molar-refractivity contribution < 1.29 is 14.3 Å². The maximum atomic E-state index is 12.9. The lowest BCUT2D eigenvalue weighted by Gasteiger charge is -2.15. The Hall–Kier alpha value is -1.62. The number of phenols is 1. The van der Waals surface area contributed by atoms with Gasteiger partial charge in [0.05, 0.1) is 0 Å². The first kappa shape index (κ1) is 10.9. The lowest BCUT2D eigenvalue weighted by atomic mass is 10.0. The van der Waals surface area contributed by atoms with E-state index in [4.69, 9.17) is 0 Å². The second kappa shape index (κ2) is 4.49. The van der Waals surface area contributed by atoms with Crippen LogP contribution in [-0.4, -0.2) is 24.1 Å². The van der Waals surface area contributed by atoms with E-state index in [1.807, 2.05) is 0 Å². The molecule has 1 heterocycles. The number of halogens is 1. The summed E-state index contributed by atoms with van der Waals surface area (Å²) < 4.78 is 12.9. The number of amides is 1. The van der Waals surface area contributed by atoms with Crippen LogP contribution in [0.2, 0.25) is 0 Å². The number of nitrogens with one attached hydrogen (secondary N) is 2. The molecule has 4 nitrogen and oxygen atoms in total. The molecule has 1 aliphatic heterocycles. The van der Waals surface area contributed by atoms with Crippen LogP contribution in [0.3, 0.4) is 0 Å². The summed E-state index contributed by atoms with van der Waals surface area (Å²) >= 11 is 0. The highest BCUT2D eigenvalue weighted by atomic mass is 19.1. The van der Waals surface area contributed by atoms with E-state index in [2.05, 4.69) is 10.6 Å². The quantitative estimate of drug-likeness (QED) is 0.657. The summed E-state index contributed by atoms with van der Waals surface area (Å²) in [5.41, 5.74) is 0.718. The van der Waals surface area contributed by atoms with E-state index in [0.717, 1.165) is 5.56 Å². The SMILES string of the molecule is O=C1CC(c2ccc(F)c(O)c2)NCCN1. The first-order valence-corrected chi connectivity index (χ1v) is 5.15. The van der Waals surface area contributed by atoms with E-state index in [1.54, 1.807) is 6.07 Å². The van der Waals surface area contributed by atoms with Crippen LogP contribution in [0.5, 0.6) is 5.75 Å². The molecule has 0 saturated carbocycles. The Bertz CT molecular complexity index is 409. The van der Waals surface area contributed by atoms with Gasteiger partial charge in [-0.05, 0) is 17.7 Å². The van der Waals surface area contributed by atoms with Gasteiger partial charge in [-0.2, -0.15) is 0 Å². The van der Waals surface area contributed by atoms with Gasteiger partial charge in [0.1, 0.15) is 0 Å². The minimum absolute atomic E-state index is 0.0428. The van der Waals surface area contributed by atoms with Crippen LogP contribution in [0.4, 0.5) is 4.39 Å². The number of hydrogen-bond acceptors (Lipinski definition) is 3. The normalized spacial score (nSPS) is 21.3. The Morgan fingerprint density at radius 1 is 1.38 bits per heavy atom. The zero-order valence-corrected chi connectivity index (χ0v) is 8.66. The average molecular weight is 224 g/mol. The Morgan fingerprint density at radius 2 is 2.19 bits per heavy atom. The molecule has 0 aliphatic carbocycles. The van der Waals surface area contributed by atoms with Gasteiger partial charge in [-0.15, -0.1) is 0 Å². The van der Waals surface area contributed by atoms with Crippen molar-refractivity contribution in [3.05, 3.63) is 29.6 Å². The molecular formula is C11H13FN2O2. The van der Waals surface area contributed by atoms with Gasteiger partial charge in [0.15, 0.2) is 11.6 Å². The first-order chi connectivity index (χ1) is 7.66. The number of hydrogen-bond donors (Lipinski definition) is 3. The minimum Gasteiger partial charge on any atom is -0.505 e. The predicted octanol–water partition coefficient (Wildman–Crippen LogP) is 0.682. The fourth-order valence-electron chi connectivity index (χ4n) is 1.76. The molecule has 3 N–H and O–H groups in total. The van der Waals surface area contributed by atoms with Gasteiger partial charge in [-0.3, -0.25) is 4.79 Å². The zero-order valence-electron chi connectivity index (χ0n) is 8.66. The highest BCUT2D eigenvalue weighted by molar-refractivity contribution is 5.77. The summed E-state index contributed by atoms with van der Waals surface area (Å²) in [6, 6.07) is 3.96. The molecule has 1 unspecified atom stereocenters. The van der Waals surface area contributed by atoms with Gasteiger partial charge >= 0.3 is 0 Å². The monoisotopic (exact) mass is 224 g/mol. The number of rotatable bonds is 1. The number of phenolic OH excluding ortho intramolecular Hbond substituents is 1. The van der Waals surface area contributed by atoms with E-state index in [9.17, 15) is 14.3 Å². The van der Waals surface area contributed by atoms with Crippen LogP contribution in [0.15, 0.2) is 18.2 Å². The summed E-state index contributed by atoms with van der Waals surface area (Å²) in [5, 5.41) is 15.2. The van der Waals surface area contributed by atoms with Crippen molar-refractivity contribution in [2.75, 3.05) is 13.1 Å². The van der Waals surface area contributed by atoms with Crippen molar-refractivity contribution in [2.24, 2.45) is 0 Å². The lowest BCUT2D eigenvalue weighted by Crippen LogP contribution is -2.24. The van der Waals surface area contributed by atoms with Crippen molar-refractivity contribution in [1.82, 2.24) is 10.6 Å². The molecule has 0 spiro atoms. The van der Waals surface area contributed by atoms with Gasteiger partial charge < -0.3 is 15.7 Å². The van der Waals surface area contributed by atoms with Crippen LogP contribution in [-0.2, 0) is 4.79 Å². The second-order valence-corrected chi connectivity index (χ2v) is 3.77. The molecule has 16 heavy (non-hydrogen) atoms. The van der Waals surface area contributed by atoms with Crippen molar-refractivity contribution in [3.63, 3.8) is 0 Å². The summed E-state index contributed by atoms with van der Waals surface area (Å²) in [4.78, 5) is 11.3. The maximum absolute atomic E-state index is 12.9. The Labute approximate surface area is 92.5 Å². The number of benzene rings is 1. The molecular weight excluding hydrogens is 211 g/mol. The van der Waals surface area contributed by atoms with Crippen molar-refractivity contribution in [3.8, 4) is 5.75 Å². The maximum Gasteiger partial charge on any atom is 0.221 e. The number of aromatic hydroxyl groups is 1. The molecule has 1 aromatic rings. The van der Waals surface area contributed by atoms with Crippen LogP contribution < -0.4 is 10.6 Å². The molecule has 0 bridgehead atoms. The Balaban J connectivity index is 2.21. The van der Waals surface area contributed by atoms with Crippen molar-refractivity contribution >= 4 is 5.91 Å². The molecule has 1 aromatic carbocycles. The summed E-state index contributed by atoms with van der Waals surface area (Å²) in [5.74, 6) is -1.08. The van der Waals surface area contributed by atoms with Gasteiger partial charge in [-0.1, -0.05) is 6.07 Å². The molecule has 86 valence electrons. The molecule has 0 aromatic heterocycles. The summed E-state index contributed by atoms with van der Waals surface area (Å²) in [7, 11) is 0. The topological polar surface area (TPSA) is 61.4 Å². The first-order valence-electron chi connectivity index (χ1n) is 5.15. The number of carbonyl (C=O) groups is 1. The number of carbonyl (C=O) groups excluding carboxylic acids is 1. The average Bonchev–Trinajstić information content (AvgIpc) is 2.47. The molecule has 1 amide bonds. The molecule has 0 radical (unpaired) electrons. The van der Waals surface area contributed by atoms with Crippen LogP contribution in [0.25, 0.3) is 0 Å². The smallest absolute Gasteiger partial charge is 0.221 e. The lowest BCUT2D eigenvalue weighted by molar-refractivity contribution is -0.121. The third-order valence-corrected chi connectivity index (χ3v) is 2.60. The van der Waals surface area contributed by atoms with Gasteiger partial charge in [0.2, 0.25) is 5.91 Å². The highest BCUT2D eigenvalue weighted by Gasteiger charge is 2.19. The highest BCUT2D eigenvalue weighted by Crippen LogP contribution is 2.24. The Morgan fingerprint density at radius 3 is 2.94 bits per heavy atom. The standard InChI is InChI=1S/C11H13FN2O2/c12-8-2-1-7(5-10(8)15)9-6-11(16)14-4-3-13-9/h1-2,5,9,13,15H,3-4,6H2,(H,14,16). The van der Waals surface area contributed by atoms with Crippen molar-refractivity contribution in [2.45, 2.75) is 12.5 Å². The second-order valence-electron chi connectivity index (χ2n) is 3.77. The fourth-order valence-corrected chi connectivity index (χ4v) is 1.76. The summed E-state index contributed by atoms with van der Waals surface area (Å²) in [6.07, 6.45) is 0.297. The van der Waals surface area contributed by atoms with Crippen LogP contribution in [0, 0.1) is 5.82 Å². The van der Waals surface area contributed by atoms with E-state index < -0.39 is 5.82 Å². The van der Waals surface area contributed by atoms with Crippen molar-refractivity contribution in [1.29, 1.82) is 0 Å². The molecule has 2 rings (SSSR count). The minimum atomic E-state index is -0.651. The molecule has 1 fully saturated rings. The fraction of sp³-hybridized carbons (Fsp3) is 0.364. The third-order valence-electron chi connectivity index (χ3n) is 2.60. The van der Waals surface area contributed by atoms with E-state index in [1.165, 1.54) is 12.1 Å². The van der Waals surface area contributed by atoms with E-state index in [-0.39, 0.29) is 17.7 Å². The van der Waals surface area contributed by atoms with Gasteiger partial charge in [0, 0.05) is 25.6 Å². The van der Waals surface area contributed by atoms with E-state index >= 15 is 0 Å². The summed E-state index contributed by atoms with van der Waals surface area (Å²) in [6.45, 7) is 1.25. The van der Waals surface area contributed by atoms with Crippen LogP contribution in [0.1, 0.15) is 18.0 Å². The van der Waals surface area contributed by atoms with Gasteiger partial charge in [-0.25, -0.2) is 4.39 Å². The van der Waals surface area contributed by atoms with Crippen LogP contribution >= 0.6 is 0 Å². The molecule has 1 aliphatic rings. The molecule has 5 heteroatoms. The largest absolute Gasteiger partial charge is 0.505 e. The molecule has 1 atom stereocenters. The Kier molecular flexibility index (Phi) is 3.05. The predicted molar refractivity (Wildman–Crippen MR) is 56.4 cm³/mol. The van der Waals surface area contributed by atoms with Gasteiger partial charge in [0.25, 0.3) is 0 Å². The zero-order chi connectivity index (χ0) is 11.5. The third kappa shape index (κ3) is 2.30.